The predicted molar refractivity (Wildman–Crippen MR) is 84.7 cm³/mol. The molecule has 1 aliphatic heterocycles. The number of hydrogen-bond acceptors (Lipinski definition) is 2. The van der Waals surface area contributed by atoms with Crippen LogP contribution in [0.25, 0.3) is 0 Å². The number of carbonyl (C=O) groups excluding carboxylic acids is 1. The van der Waals surface area contributed by atoms with Crippen molar-refractivity contribution in [3.8, 4) is 0 Å². The summed E-state index contributed by atoms with van der Waals surface area (Å²) in [6, 6.07) is 10.4. The topological polar surface area (TPSA) is 60.9 Å². The van der Waals surface area contributed by atoms with Crippen molar-refractivity contribution in [1.82, 2.24) is 9.80 Å². The van der Waals surface area contributed by atoms with Crippen LogP contribution < -0.4 is 0 Å². The summed E-state index contributed by atoms with van der Waals surface area (Å²) in [5, 5.41) is 8.68. The third-order valence-corrected chi connectivity index (χ3v) is 4.24. The van der Waals surface area contributed by atoms with Crippen LogP contribution >= 0.6 is 0 Å². The first-order valence-corrected chi connectivity index (χ1v) is 7.82. The van der Waals surface area contributed by atoms with Gasteiger partial charge in [-0.15, -0.1) is 0 Å². The van der Waals surface area contributed by atoms with Crippen LogP contribution in [0.1, 0.15) is 24.8 Å². The van der Waals surface area contributed by atoms with E-state index in [0.717, 1.165) is 32.4 Å². The highest BCUT2D eigenvalue weighted by Gasteiger charge is 2.25. The molecule has 0 atom stereocenters. The number of carbonyl (C=O) groups is 2. The van der Waals surface area contributed by atoms with Gasteiger partial charge in [0.1, 0.15) is 0 Å². The Hall–Kier alpha value is -2.04. The summed E-state index contributed by atoms with van der Waals surface area (Å²) in [5.74, 6) is -0.253. The van der Waals surface area contributed by atoms with E-state index in [1.807, 2.05) is 11.0 Å². The van der Waals surface area contributed by atoms with E-state index in [1.54, 1.807) is 7.05 Å². The molecule has 0 bridgehead atoms. The number of likely N-dealkylation sites (tertiary alicyclic amines) is 1. The maximum Gasteiger partial charge on any atom is 0.319 e. The van der Waals surface area contributed by atoms with Gasteiger partial charge in [-0.3, -0.25) is 4.79 Å². The molecule has 2 rings (SSSR count). The fourth-order valence-corrected chi connectivity index (χ4v) is 2.88. The van der Waals surface area contributed by atoms with Gasteiger partial charge in [0, 0.05) is 26.7 Å². The lowest BCUT2D eigenvalue weighted by molar-refractivity contribution is -0.137. The first-order valence-electron chi connectivity index (χ1n) is 7.82. The van der Waals surface area contributed by atoms with Crippen LogP contribution in [0.15, 0.2) is 30.3 Å². The summed E-state index contributed by atoms with van der Waals surface area (Å²) in [5.41, 5.74) is 1.35. The van der Waals surface area contributed by atoms with Gasteiger partial charge in [-0.25, -0.2) is 4.79 Å². The van der Waals surface area contributed by atoms with E-state index >= 15 is 0 Å². The smallest absolute Gasteiger partial charge is 0.319 e. The number of urea groups is 1. The molecule has 22 heavy (non-hydrogen) atoms. The predicted octanol–water partition coefficient (Wildman–Crippen LogP) is 2.47. The van der Waals surface area contributed by atoms with Gasteiger partial charge in [0.15, 0.2) is 0 Å². The van der Waals surface area contributed by atoms with E-state index < -0.39 is 5.97 Å². The molecule has 0 aliphatic carbocycles. The van der Waals surface area contributed by atoms with E-state index in [1.165, 1.54) is 10.5 Å². The minimum atomic E-state index is -0.874. The Morgan fingerprint density at radius 1 is 1.23 bits per heavy atom. The molecule has 1 N–H and O–H groups in total. The van der Waals surface area contributed by atoms with E-state index in [9.17, 15) is 9.59 Å². The largest absolute Gasteiger partial charge is 0.481 e. The van der Waals surface area contributed by atoms with Crippen LogP contribution in [-0.4, -0.2) is 53.6 Å². The Morgan fingerprint density at radius 3 is 2.45 bits per heavy atom. The van der Waals surface area contributed by atoms with Crippen molar-refractivity contribution in [2.24, 2.45) is 5.92 Å². The molecule has 1 fully saturated rings. The summed E-state index contributed by atoms with van der Waals surface area (Å²) in [6.07, 6.45) is 3.07. The van der Waals surface area contributed by atoms with Crippen molar-refractivity contribution in [2.75, 3.05) is 26.7 Å². The van der Waals surface area contributed by atoms with Crippen LogP contribution in [-0.2, 0) is 11.2 Å². The third-order valence-electron chi connectivity index (χ3n) is 4.24. The maximum absolute atomic E-state index is 12.2. The van der Waals surface area contributed by atoms with Gasteiger partial charge in [0.05, 0.1) is 6.42 Å². The second-order valence-corrected chi connectivity index (χ2v) is 5.97. The van der Waals surface area contributed by atoms with Crippen LogP contribution in [0, 0.1) is 5.92 Å². The zero-order valence-electron chi connectivity index (χ0n) is 13.1. The Balaban J connectivity index is 1.76. The number of amides is 2. The third kappa shape index (κ3) is 4.76. The molecule has 1 heterocycles. The van der Waals surface area contributed by atoms with Gasteiger partial charge in [-0.1, -0.05) is 30.3 Å². The zero-order valence-corrected chi connectivity index (χ0v) is 13.1. The summed E-state index contributed by atoms with van der Waals surface area (Å²) in [7, 11) is 1.67. The van der Waals surface area contributed by atoms with E-state index in [-0.39, 0.29) is 19.0 Å². The van der Waals surface area contributed by atoms with E-state index in [4.69, 9.17) is 5.11 Å². The highest BCUT2D eigenvalue weighted by atomic mass is 16.4. The van der Waals surface area contributed by atoms with Crippen molar-refractivity contribution in [3.05, 3.63) is 35.9 Å². The number of carboxylic acids is 1. The summed E-state index contributed by atoms with van der Waals surface area (Å²) in [6.45, 7) is 1.78. The molecule has 1 aromatic carbocycles. The van der Waals surface area contributed by atoms with Gasteiger partial charge < -0.3 is 14.9 Å². The fraction of sp³-hybridized carbons (Fsp3) is 0.529. The number of hydrogen-bond donors (Lipinski definition) is 1. The highest BCUT2D eigenvalue weighted by Crippen LogP contribution is 2.22. The number of aliphatic carboxylic acids is 1. The van der Waals surface area contributed by atoms with Crippen LogP contribution in [0.4, 0.5) is 4.79 Å². The Kier molecular flexibility index (Phi) is 5.81. The molecule has 0 aromatic heterocycles. The molecule has 120 valence electrons. The Morgan fingerprint density at radius 2 is 1.86 bits per heavy atom. The van der Waals surface area contributed by atoms with Crippen molar-refractivity contribution < 1.29 is 14.7 Å². The maximum atomic E-state index is 12.2. The number of carboxylic acid groups (broad SMARTS) is 1. The van der Waals surface area contributed by atoms with Crippen molar-refractivity contribution >= 4 is 12.0 Å². The second kappa shape index (κ2) is 7.82. The number of benzene rings is 1. The molecular weight excluding hydrogens is 280 g/mol. The quantitative estimate of drug-likeness (QED) is 0.909. The minimum Gasteiger partial charge on any atom is -0.481 e. The van der Waals surface area contributed by atoms with Gasteiger partial charge in [-0.2, -0.15) is 0 Å². The first kappa shape index (κ1) is 16.3. The van der Waals surface area contributed by atoms with Crippen molar-refractivity contribution in [3.63, 3.8) is 0 Å². The van der Waals surface area contributed by atoms with Gasteiger partial charge in [0.2, 0.25) is 0 Å². The molecule has 2 amide bonds. The lowest BCUT2D eigenvalue weighted by atomic mass is 9.90. The summed E-state index contributed by atoms with van der Waals surface area (Å²) >= 11 is 0. The Bertz CT molecular complexity index is 496. The van der Waals surface area contributed by atoms with Crippen molar-refractivity contribution in [1.29, 1.82) is 0 Å². The average molecular weight is 304 g/mol. The fourth-order valence-electron chi connectivity index (χ4n) is 2.88. The van der Waals surface area contributed by atoms with Crippen LogP contribution in [0.5, 0.6) is 0 Å². The molecule has 0 unspecified atom stereocenters. The monoisotopic (exact) mass is 304 g/mol. The highest BCUT2D eigenvalue weighted by molar-refractivity contribution is 5.75. The SMILES string of the molecule is CN(CCC(=O)O)C(=O)N1CCC(Cc2ccccc2)CC1. The summed E-state index contributed by atoms with van der Waals surface area (Å²) < 4.78 is 0. The molecule has 5 heteroatoms. The normalized spacial score (nSPS) is 15.6. The Labute approximate surface area is 131 Å². The molecule has 1 aliphatic rings. The molecule has 0 saturated carbocycles. The first-order chi connectivity index (χ1) is 10.6. The molecular formula is C17H24N2O3. The van der Waals surface area contributed by atoms with E-state index in [2.05, 4.69) is 24.3 Å². The molecule has 1 saturated heterocycles. The zero-order chi connectivity index (χ0) is 15.9. The second-order valence-electron chi connectivity index (χ2n) is 5.97. The molecule has 0 radical (unpaired) electrons. The van der Waals surface area contributed by atoms with E-state index in [0.29, 0.717) is 5.92 Å². The average Bonchev–Trinajstić information content (AvgIpc) is 2.53. The standard InChI is InChI=1S/C17H24N2O3/c1-18(10-9-16(20)21)17(22)19-11-7-15(8-12-19)13-14-5-3-2-4-6-14/h2-6,15H,7-13H2,1H3,(H,20,21). The lowest BCUT2D eigenvalue weighted by Crippen LogP contribution is -2.46. The minimum absolute atomic E-state index is 0.00723. The van der Waals surface area contributed by atoms with Crippen LogP contribution in [0.2, 0.25) is 0 Å². The molecule has 5 nitrogen and oxygen atoms in total. The number of piperidine rings is 1. The van der Waals surface area contributed by atoms with Gasteiger partial charge in [-0.05, 0) is 30.7 Å². The summed E-state index contributed by atoms with van der Waals surface area (Å²) in [4.78, 5) is 26.1. The number of rotatable bonds is 5. The molecule has 1 aromatic rings. The molecule has 0 spiro atoms. The number of nitrogens with zero attached hydrogens (tertiary/aromatic N) is 2. The van der Waals surface area contributed by atoms with Crippen molar-refractivity contribution in [2.45, 2.75) is 25.7 Å². The van der Waals surface area contributed by atoms with Crippen LogP contribution in [0.3, 0.4) is 0 Å². The van der Waals surface area contributed by atoms with Gasteiger partial charge in [0.25, 0.3) is 0 Å². The lowest BCUT2D eigenvalue weighted by Gasteiger charge is -2.34. The van der Waals surface area contributed by atoms with Gasteiger partial charge >= 0.3 is 12.0 Å².